The minimum Gasteiger partial charge on any atom is -0.396 e. The van der Waals surface area contributed by atoms with Gasteiger partial charge in [-0.3, -0.25) is 14.3 Å². The molecule has 0 aliphatic heterocycles. The van der Waals surface area contributed by atoms with Crippen molar-refractivity contribution in [3.8, 4) is 0 Å². The number of H-pyrrole nitrogens is 1. The molecule has 1 aromatic heterocycles. The quantitative estimate of drug-likeness (QED) is 0.478. The lowest BCUT2D eigenvalue weighted by atomic mass is 10.0. The fraction of sp³-hybridized carbons (Fsp3) is 0.636. The monoisotopic (exact) mass is 254 g/mol. The third-order valence-electron chi connectivity index (χ3n) is 4.32. The molecule has 5 atom stereocenters. The van der Waals surface area contributed by atoms with Gasteiger partial charge in [-0.05, 0) is 12.3 Å². The number of aromatic amines is 1. The average molecular weight is 254 g/mol. The molecular weight excluding hydrogens is 240 g/mol. The number of rotatable bonds is 2. The van der Waals surface area contributed by atoms with E-state index >= 15 is 0 Å². The Kier molecular flexibility index (Phi) is 2.28. The summed E-state index contributed by atoms with van der Waals surface area (Å²) in [5.41, 5.74) is -1.81. The molecule has 2 aliphatic rings. The number of nitrogens with zero attached hydrogens (tertiary/aromatic N) is 1. The second-order valence-electron chi connectivity index (χ2n) is 5.15. The maximum Gasteiger partial charge on any atom is 0.328 e. The highest BCUT2D eigenvalue weighted by Gasteiger charge is 2.71. The second kappa shape index (κ2) is 3.53. The van der Waals surface area contributed by atoms with Crippen LogP contribution in [0.15, 0.2) is 21.9 Å². The van der Waals surface area contributed by atoms with Crippen LogP contribution in [0.25, 0.3) is 0 Å². The van der Waals surface area contributed by atoms with Gasteiger partial charge >= 0.3 is 5.69 Å². The van der Waals surface area contributed by atoms with Gasteiger partial charge in [-0.15, -0.1) is 0 Å². The highest BCUT2D eigenvalue weighted by atomic mass is 16.3. The van der Waals surface area contributed by atoms with Crippen LogP contribution in [0.3, 0.4) is 0 Å². The second-order valence-corrected chi connectivity index (χ2v) is 5.15. The zero-order chi connectivity index (χ0) is 13.1. The van der Waals surface area contributed by atoms with Crippen LogP contribution in [0, 0.1) is 11.3 Å². The third kappa shape index (κ3) is 1.29. The first-order chi connectivity index (χ1) is 8.51. The van der Waals surface area contributed by atoms with Gasteiger partial charge in [0, 0.05) is 17.7 Å². The molecule has 0 amide bonds. The summed E-state index contributed by atoms with van der Waals surface area (Å²) in [5.74, 6) is -0.142. The van der Waals surface area contributed by atoms with Crippen molar-refractivity contribution in [1.82, 2.24) is 9.55 Å². The van der Waals surface area contributed by atoms with Crippen LogP contribution in [0.2, 0.25) is 0 Å². The van der Waals surface area contributed by atoms with Crippen LogP contribution >= 0.6 is 0 Å². The summed E-state index contributed by atoms with van der Waals surface area (Å²) in [7, 11) is 0. The molecule has 7 nitrogen and oxygen atoms in total. The normalized spacial score (nSPS) is 41.7. The SMILES string of the molecule is O=c1ccn([C@H]2[C@H](O)[C@H](O)[C@]3(CO)C[C@H]23)c(=O)[nH]1. The van der Waals surface area contributed by atoms with Gasteiger partial charge in [0.25, 0.3) is 5.56 Å². The van der Waals surface area contributed by atoms with Crippen molar-refractivity contribution < 1.29 is 15.3 Å². The van der Waals surface area contributed by atoms with Gasteiger partial charge in [0.2, 0.25) is 0 Å². The van der Waals surface area contributed by atoms with E-state index in [2.05, 4.69) is 4.98 Å². The van der Waals surface area contributed by atoms with Crippen LogP contribution < -0.4 is 11.2 Å². The van der Waals surface area contributed by atoms with E-state index in [0.29, 0.717) is 6.42 Å². The van der Waals surface area contributed by atoms with E-state index in [0.717, 1.165) is 0 Å². The molecule has 2 fully saturated rings. The molecule has 7 heteroatoms. The predicted molar refractivity (Wildman–Crippen MR) is 60.0 cm³/mol. The van der Waals surface area contributed by atoms with E-state index in [1.54, 1.807) is 0 Å². The molecule has 3 rings (SSSR count). The van der Waals surface area contributed by atoms with Crippen molar-refractivity contribution >= 4 is 0 Å². The largest absolute Gasteiger partial charge is 0.396 e. The molecule has 0 bridgehead atoms. The minimum absolute atomic E-state index is 0.142. The predicted octanol–water partition coefficient (Wildman–Crippen LogP) is -2.19. The first kappa shape index (κ1) is 11.6. The van der Waals surface area contributed by atoms with E-state index in [4.69, 9.17) is 0 Å². The van der Waals surface area contributed by atoms with E-state index in [-0.39, 0.29) is 12.5 Å². The van der Waals surface area contributed by atoms with E-state index < -0.39 is 34.9 Å². The molecule has 1 heterocycles. The Bertz CT molecular complexity index is 594. The maximum atomic E-state index is 11.7. The summed E-state index contributed by atoms with van der Waals surface area (Å²) in [5, 5.41) is 29.2. The number of nitrogens with one attached hydrogen (secondary N) is 1. The average Bonchev–Trinajstić information content (AvgIpc) is 3.02. The lowest BCUT2D eigenvalue weighted by molar-refractivity contribution is -0.0309. The molecule has 18 heavy (non-hydrogen) atoms. The minimum atomic E-state index is -1.11. The van der Waals surface area contributed by atoms with Crippen molar-refractivity contribution in [1.29, 1.82) is 0 Å². The summed E-state index contributed by atoms with van der Waals surface area (Å²) in [6.07, 6.45) is -0.276. The van der Waals surface area contributed by atoms with Crippen molar-refractivity contribution in [3.63, 3.8) is 0 Å². The van der Waals surface area contributed by atoms with Crippen molar-refractivity contribution in [3.05, 3.63) is 33.1 Å². The molecule has 0 saturated heterocycles. The zero-order valence-electron chi connectivity index (χ0n) is 9.48. The Morgan fingerprint density at radius 3 is 2.72 bits per heavy atom. The van der Waals surface area contributed by atoms with Gasteiger partial charge in [0.15, 0.2) is 0 Å². The molecule has 0 radical (unpaired) electrons. The molecule has 2 aliphatic carbocycles. The first-order valence-corrected chi connectivity index (χ1v) is 5.80. The van der Waals surface area contributed by atoms with E-state index in [1.165, 1.54) is 16.8 Å². The molecule has 0 unspecified atom stereocenters. The maximum absolute atomic E-state index is 11.7. The first-order valence-electron chi connectivity index (χ1n) is 5.80. The molecule has 2 saturated carbocycles. The Balaban J connectivity index is 2.04. The number of hydrogen-bond acceptors (Lipinski definition) is 5. The van der Waals surface area contributed by atoms with Gasteiger partial charge in [0.05, 0.1) is 18.8 Å². The summed E-state index contributed by atoms with van der Waals surface area (Å²) >= 11 is 0. The summed E-state index contributed by atoms with van der Waals surface area (Å²) in [6, 6.07) is 0.596. The van der Waals surface area contributed by atoms with Crippen LogP contribution in [0.4, 0.5) is 0 Å². The summed E-state index contributed by atoms with van der Waals surface area (Å²) in [4.78, 5) is 24.8. The van der Waals surface area contributed by atoms with Crippen molar-refractivity contribution in [2.75, 3.05) is 6.61 Å². The Labute approximate surface area is 101 Å². The van der Waals surface area contributed by atoms with Crippen LogP contribution in [-0.4, -0.2) is 43.7 Å². The molecule has 0 aromatic carbocycles. The zero-order valence-corrected chi connectivity index (χ0v) is 9.48. The van der Waals surface area contributed by atoms with Gasteiger partial charge in [-0.2, -0.15) is 0 Å². The standard InChI is InChI=1S/C11H14N2O5/c14-4-11-3-5(11)7(8(16)9(11)17)13-2-1-6(15)12-10(13)18/h1-2,5,7-9,14,16-17H,3-4H2,(H,12,15,18)/t5-,7-,8+,9+,11+/m1/s1. The highest BCUT2D eigenvalue weighted by Crippen LogP contribution is 2.66. The molecule has 98 valence electrons. The lowest BCUT2D eigenvalue weighted by Gasteiger charge is -2.23. The Morgan fingerprint density at radius 2 is 2.17 bits per heavy atom. The van der Waals surface area contributed by atoms with Crippen LogP contribution in [-0.2, 0) is 0 Å². The van der Waals surface area contributed by atoms with Crippen LogP contribution in [0.1, 0.15) is 12.5 Å². The van der Waals surface area contributed by atoms with E-state index in [1.807, 2.05) is 0 Å². The van der Waals surface area contributed by atoms with Crippen LogP contribution in [0.5, 0.6) is 0 Å². The fourth-order valence-electron chi connectivity index (χ4n) is 3.21. The summed E-state index contributed by atoms with van der Waals surface area (Å²) in [6.45, 7) is -0.218. The summed E-state index contributed by atoms with van der Waals surface area (Å²) < 4.78 is 1.23. The molecule has 4 N–H and O–H groups in total. The van der Waals surface area contributed by atoms with Crippen molar-refractivity contribution in [2.24, 2.45) is 11.3 Å². The van der Waals surface area contributed by atoms with Gasteiger partial charge in [-0.1, -0.05) is 0 Å². The van der Waals surface area contributed by atoms with E-state index in [9.17, 15) is 24.9 Å². The number of aliphatic hydroxyl groups excluding tert-OH is 3. The third-order valence-corrected chi connectivity index (χ3v) is 4.32. The number of hydrogen-bond donors (Lipinski definition) is 4. The number of aliphatic hydroxyl groups is 3. The number of fused-ring (bicyclic) bond motifs is 1. The van der Waals surface area contributed by atoms with Crippen molar-refractivity contribution in [2.45, 2.75) is 24.7 Å². The smallest absolute Gasteiger partial charge is 0.328 e. The fourth-order valence-corrected chi connectivity index (χ4v) is 3.21. The number of aromatic nitrogens is 2. The van der Waals surface area contributed by atoms with Gasteiger partial charge in [-0.25, -0.2) is 4.79 Å². The molecular formula is C11H14N2O5. The lowest BCUT2D eigenvalue weighted by Crippen LogP contribution is -2.40. The Hall–Kier alpha value is -1.44. The topological polar surface area (TPSA) is 116 Å². The Morgan fingerprint density at radius 1 is 1.44 bits per heavy atom. The molecule has 0 spiro atoms. The highest BCUT2D eigenvalue weighted by molar-refractivity contribution is 5.20. The molecule has 1 aromatic rings. The van der Waals surface area contributed by atoms with Gasteiger partial charge < -0.3 is 15.3 Å². The van der Waals surface area contributed by atoms with Gasteiger partial charge in [0.1, 0.15) is 6.10 Å².